The smallest absolute Gasteiger partial charge is 0.248 e. The summed E-state index contributed by atoms with van der Waals surface area (Å²) in [6.07, 6.45) is 5.13. The Morgan fingerprint density at radius 2 is 2.00 bits per heavy atom. The number of benzene rings is 1. The van der Waals surface area contributed by atoms with Crippen molar-refractivity contribution in [2.24, 2.45) is 10.7 Å². The second kappa shape index (κ2) is 12.1. The average molecular weight is 473 g/mol. The normalized spacial score (nSPS) is 18.1. The molecule has 1 aliphatic rings. The van der Waals surface area contributed by atoms with E-state index in [-0.39, 0.29) is 24.0 Å². The van der Waals surface area contributed by atoms with E-state index >= 15 is 0 Å². The Balaban J connectivity index is 0.00000338. The van der Waals surface area contributed by atoms with Crippen molar-refractivity contribution in [1.29, 1.82) is 0 Å². The highest BCUT2D eigenvalue weighted by Crippen LogP contribution is 2.16. The Kier molecular flexibility index (Phi) is 10.6. The molecule has 2 rings (SSSR count). The Labute approximate surface area is 174 Å². The average Bonchev–Trinajstić information content (AvgIpc) is 2.63. The minimum absolute atomic E-state index is 0. The summed E-state index contributed by atoms with van der Waals surface area (Å²) in [6.45, 7) is 6.26. The molecule has 26 heavy (non-hydrogen) atoms. The Bertz CT molecular complexity index is 576. The van der Waals surface area contributed by atoms with Crippen LogP contribution >= 0.6 is 24.0 Å². The van der Waals surface area contributed by atoms with Crippen LogP contribution in [0.15, 0.2) is 29.3 Å². The SMILES string of the molecule is CN=C(NCCCN1CCCCC1C)NCc1ccc(C(N)=O)cc1.I. The van der Waals surface area contributed by atoms with Gasteiger partial charge in [0.15, 0.2) is 5.96 Å². The number of guanidine groups is 1. The number of rotatable bonds is 7. The molecule has 146 valence electrons. The zero-order chi connectivity index (χ0) is 18.1. The maximum absolute atomic E-state index is 11.1. The standard InChI is InChI=1S/C19H31N5O.HI/c1-15-6-3-4-12-24(15)13-5-11-22-19(21-2)23-14-16-7-9-17(10-8-16)18(20)25;/h7-10,15H,3-6,11-14H2,1-2H3,(H2,20,25)(H2,21,22,23);1H. The van der Waals surface area contributed by atoms with Gasteiger partial charge in [-0.2, -0.15) is 0 Å². The van der Waals surface area contributed by atoms with Gasteiger partial charge in [0.25, 0.3) is 0 Å². The monoisotopic (exact) mass is 473 g/mol. The van der Waals surface area contributed by atoms with Gasteiger partial charge in [-0.25, -0.2) is 0 Å². The molecule has 7 heteroatoms. The van der Waals surface area contributed by atoms with Crippen molar-refractivity contribution in [3.05, 3.63) is 35.4 Å². The number of hydrogen-bond acceptors (Lipinski definition) is 3. The van der Waals surface area contributed by atoms with Gasteiger partial charge in [-0.1, -0.05) is 18.6 Å². The third-order valence-electron chi connectivity index (χ3n) is 4.78. The summed E-state index contributed by atoms with van der Waals surface area (Å²) in [5.74, 6) is 0.394. The van der Waals surface area contributed by atoms with Crippen LogP contribution in [-0.2, 0) is 6.54 Å². The third kappa shape index (κ3) is 7.49. The Morgan fingerprint density at radius 1 is 1.27 bits per heavy atom. The van der Waals surface area contributed by atoms with Gasteiger partial charge >= 0.3 is 0 Å². The molecule has 0 spiro atoms. The molecule has 4 N–H and O–H groups in total. The number of primary amides is 1. The second-order valence-electron chi connectivity index (χ2n) is 6.65. The minimum Gasteiger partial charge on any atom is -0.366 e. The van der Waals surface area contributed by atoms with Crippen molar-refractivity contribution in [2.75, 3.05) is 26.7 Å². The third-order valence-corrected chi connectivity index (χ3v) is 4.78. The zero-order valence-electron chi connectivity index (χ0n) is 15.8. The summed E-state index contributed by atoms with van der Waals surface area (Å²) in [7, 11) is 1.78. The van der Waals surface area contributed by atoms with Gasteiger partial charge in [0.05, 0.1) is 0 Å². The van der Waals surface area contributed by atoms with Crippen LogP contribution in [-0.4, -0.2) is 49.5 Å². The van der Waals surface area contributed by atoms with Gasteiger partial charge in [-0.15, -0.1) is 24.0 Å². The summed E-state index contributed by atoms with van der Waals surface area (Å²) in [4.78, 5) is 17.9. The minimum atomic E-state index is -0.403. The molecule has 0 aliphatic carbocycles. The van der Waals surface area contributed by atoms with Crippen molar-refractivity contribution in [3.63, 3.8) is 0 Å². The van der Waals surface area contributed by atoms with Crippen LogP contribution in [0.1, 0.15) is 48.5 Å². The van der Waals surface area contributed by atoms with Gasteiger partial charge < -0.3 is 21.3 Å². The van der Waals surface area contributed by atoms with Crippen LogP contribution in [0.4, 0.5) is 0 Å². The quantitative estimate of drug-likeness (QED) is 0.246. The molecular weight excluding hydrogens is 441 g/mol. The molecule has 0 aromatic heterocycles. The lowest BCUT2D eigenvalue weighted by Crippen LogP contribution is -2.41. The van der Waals surface area contributed by atoms with Crippen LogP contribution in [0.2, 0.25) is 0 Å². The van der Waals surface area contributed by atoms with Crippen LogP contribution in [0.25, 0.3) is 0 Å². The van der Waals surface area contributed by atoms with Crippen molar-refractivity contribution in [3.8, 4) is 0 Å². The van der Waals surface area contributed by atoms with E-state index in [9.17, 15) is 4.79 Å². The lowest BCUT2D eigenvalue weighted by atomic mass is 10.0. The van der Waals surface area contributed by atoms with Crippen molar-refractivity contribution < 1.29 is 4.79 Å². The molecule has 6 nitrogen and oxygen atoms in total. The largest absolute Gasteiger partial charge is 0.366 e. The first-order chi connectivity index (χ1) is 12.1. The molecule has 1 aliphatic heterocycles. The van der Waals surface area contributed by atoms with Gasteiger partial charge in [0, 0.05) is 38.3 Å². The van der Waals surface area contributed by atoms with Crippen molar-refractivity contribution in [2.45, 2.75) is 45.2 Å². The predicted molar refractivity (Wildman–Crippen MR) is 118 cm³/mol. The number of halogens is 1. The van der Waals surface area contributed by atoms with Crippen LogP contribution in [0, 0.1) is 0 Å². The molecule has 1 aromatic carbocycles. The molecule has 1 amide bonds. The number of carbonyl (C=O) groups is 1. The summed E-state index contributed by atoms with van der Waals surface area (Å²) >= 11 is 0. The Hall–Kier alpha value is -1.35. The van der Waals surface area contributed by atoms with E-state index in [1.54, 1.807) is 19.2 Å². The van der Waals surface area contributed by atoms with Crippen LogP contribution in [0.3, 0.4) is 0 Å². The van der Waals surface area contributed by atoms with E-state index in [1.165, 1.54) is 25.8 Å². The summed E-state index contributed by atoms with van der Waals surface area (Å²) < 4.78 is 0. The number of nitrogens with two attached hydrogens (primary N) is 1. The van der Waals surface area contributed by atoms with Gasteiger partial charge in [0.1, 0.15) is 0 Å². The number of hydrogen-bond donors (Lipinski definition) is 3. The number of likely N-dealkylation sites (tertiary alicyclic amines) is 1. The topological polar surface area (TPSA) is 82.8 Å². The number of piperidine rings is 1. The first-order valence-electron chi connectivity index (χ1n) is 9.17. The molecule has 1 atom stereocenters. The Morgan fingerprint density at radius 3 is 2.62 bits per heavy atom. The first-order valence-corrected chi connectivity index (χ1v) is 9.17. The zero-order valence-corrected chi connectivity index (χ0v) is 18.2. The molecule has 0 bridgehead atoms. The lowest BCUT2D eigenvalue weighted by molar-refractivity contribution is 0.100. The van der Waals surface area contributed by atoms with Gasteiger partial charge in [-0.05, 0) is 50.4 Å². The maximum Gasteiger partial charge on any atom is 0.248 e. The number of aliphatic imine (C=N–C) groups is 1. The molecule has 0 saturated carbocycles. The number of carbonyl (C=O) groups excluding carboxylic acids is 1. The molecule has 1 unspecified atom stereocenters. The molecule has 1 heterocycles. The van der Waals surface area contributed by atoms with E-state index in [0.717, 1.165) is 37.1 Å². The number of amides is 1. The van der Waals surface area contributed by atoms with Crippen LogP contribution < -0.4 is 16.4 Å². The summed E-state index contributed by atoms with van der Waals surface area (Å²) in [5, 5.41) is 6.65. The molecule has 1 aromatic rings. The van der Waals surface area contributed by atoms with Gasteiger partial charge in [0.2, 0.25) is 5.91 Å². The summed E-state index contributed by atoms with van der Waals surface area (Å²) in [6, 6.07) is 8.01. The van der Waals surface area contributed by atoms with Gasteiger partial charge in [-0.3, -0.25) is 9.79 Å². The maximum atomic E-state index is 11.1. The number of nitrogens with zero attached hydrogens (tertiary/aromatic N) is 2. The fourth-order valence-corrected chi connectivity index (χ4v) is 3.17. The predicted octanol–water partition coefficient (Wildman–Crippen LogP) is 2.33. The molecule has 1 saturated heterocycles. The van der Waals surface area contributed by atoms with Crippen molar-refractivity contribution >= 4 is 35.8 Å². The number of nitrogens with one attached hydrogen (secondary N) is 2. The van der Waals surface area contributed by atoms with E-state index < -0.39 is 5.91 Å². The first kappa shape index (κ1) is 22.7. The molecular formula is C19H32IN5O. The highest BCUT2D eigenvalue weighted by Gasteiger charge is 2.17. The lowest BCUT2D eigenvalue weighted by Gasteiger charge is -2.33. The molecule has 0 radical (unpaired) electrons. The highest BCUT2D eigenvalue weighted by atomic mass is 127. The fraction of sp³-hybridized carbons (Fsp3) is 0.579. The van der Waals surface area contributed by atoms with E-state index in [0.29, 0.717) is 12.1 Å². The van der Waals surface area contributed by atoms with Crippen molar-refractivity contribution in [1.82, 2.24) is 15.5 Å². The van der Waals surface area contributed by atoms with E-state index in [4.69, 9.17) is 5.73 Å². The van der Waals surface area contributed by atoms with Crippen LogP contribution in [0.5, 0.6) is 0 Å². The second-order valence-corrected chi connectivity index (χ2v) is 6.65. The fourth-order valence-electron chi connectivity index (χ4n) is 3.17. The summed E-state index contributed by atoms with van der Waals surface area (Å²) in [5.41, 5.74) is 6.86. The van der Waals surface area contributed by atoms with E-state index in [2.05, 4.69) is 27.4 Å². The molecule has 1 fully saturated rings. The highest BCUT2D eigenvalue weighted by molar-refractivity contribution is 14.0. The van der Waals surface area contributed by atoms with E-state index in [1.807, 2.05) is 12.1 Å².